The average Bonchev–Trinajstić information content (AvgIpc) is 2.38. The lowest BCUT2D eigenvalue weighted by Crippen LogP contribution is -2.23. The van der Waals surface area contributed by atoms with Gasteiger partial charge in [-0.25, -0.2) is 0 Å². The number of nitriles is 2. The fourth-order valence-corrected chi connectivity index (χ4v) is 2.85. The van der Waals surface area contributed by atoms with E-state index in [1.165, 1.54) is 0 Å². The molecular formula is C15H11Cl2N3. The van der Waals surface area contributed by atoms with Crippen LogP contribution in [0.5, 0.6) is 0 Å². The molecule has 0 atom stereocenters. The molecule has 5 heteroatoms. The summed E-state index contributed by atoms with van der Waals surface area (Å²) in [5.41, 5.74) is 3.18. The van der Waals surface area contributed by atoms with E-state index in [0.717, 1.165) is 11.4 Å². The molecule has 1 aliphatic rings. The molecule has 0 radical (unpaired) electrons. The molecule has 2 rings (SSSR count). The summed E-state index contributed by atoms with van der Waals surface area (Å²) in [6.45, 7) is 3.63. The monoisotopic (exact) mass is 303 g/mol. The van der Waals surface area contributed by atoms with E-state index in [2.05, 4.69) is 17.5 Å². The molecule has 0 unspecified atom stereocenters. The van der Waals surface area contributed by atoms with Crippen LogP contribution in [-0.4, -0.2) is 0 Å². The van der Waals surface area contributed by atoms with Crippen LogP contribution in [-0.2, 0) is 0 Å². The number of nitrogens with one attached hydrogen (secondary N) is 1. The largest absolute Gasteiger partial charge is 0.361 e. The number of hydrogen-bond acceptors (Lipinski definition) is 3. The van der Waals surface area contributed by atoms with Crippen molar-refractivity contribution in [3.05, 3.63) is 56.3 Å². The third-order valence-corrected chi connectivity index (χ3v) is 3.84. The highest BCUT2D eigenvalue weighted by atomic mass is 35.5. The Morgan fingerprint density at radius 2 is 1.60 bits per heavy atom. The molecule has 0 bridgehead atoms. The van der Waals surface area contributed by atoms with Crippen LogP contribution in [0.1, 0.15) is 25.3 Å². The van der Waals surface area contributed by atoms with Crippen LogP contribution in [0, 0.1) is 22.7 Å². The van der Waals surface area contributed by atoms with Gasteiger partial charge in [-0.2, -0.15) is 10.5 Å². The lowest BCUT2D eigenvalue weighted by atomic mass is 9.81. The Labute approximate surface area is 127 Å². The van der Waals surface area contributed by atoms with Gasteiger partial charge in [0.1, 0.15) is 0 Å². The zero-order chi connectivity index (χ0) is 14.9. The van der Waals surface area contributed by atoms with Gasteiger partial charge in [-0.1, -0.05) is 29.3 Å². The maximum Gasteiger partial charge on any atom is 0.0975 e. The lowest BCUT2D eigenvalue weighted by molar-refractivity contribution is 0.814. The number of rotatable bonds is 1. The quantitative estimate of drug-likeness (QED) is 0.842. The fraction of sp³-hybridized carbons (Fsp3) is 0.200. The summed E-state index contributed by atoms with van der Waals surface area (Å²) in [5, 5.41) is 22.8. The molecule has 0 saturated heterocycles. The standard InChI is InChI=1S/C15H11Cl2N3/c1-8-12(6-18)15(13(7-19)9(2)20-8)11-4-3-10(16)5-14(11)17/h3-5,15,20H,1-2H3. The summed E-state index contributed by atoms with van der Waals surface area (Å²) < 4.78 is 0. The highest BCUT2D eigenvalue weighted by Gasteiger charge is 2.30. The second-order valence-electron chi connectivity index (χ2n) is 4.52. The first kappa shape index (κ1) is 14.5. The van der Waals surface area contributed by atoms with E-state index in [9.17, 15) is 10.5 Å². The SMILES string of the molecule is CC1=C(C#N)C(c2ccc(Cl)cc2Cl)C(C#N)=C(C)N1. The van der Waals surface area contributed by atoms with E-state index in [0.29, 0.717) is 26.8 Å². The third-order valence-electron chi connectivity index (χ3n) is 3.27. The summed E-state index contributed by atoms with van der Waals surface area (Å²) in [4.78, 5) is 0. The maximum atomic E-state index is 9.39. The van der Waals surface area contributed by atoms with Gasteiger partial charge in [0.15, 0.2) is 0 Å². The van der Waals surface area contributed by atoms with Gasteiger partial charge in [0.25, 0.3) is 0 Å². The molecule has 1 N–H and O–H groups in total. The minimum Gasteiger partial charge on any atom is -0.361 e. The zero-order valence-corrected chi connectivity index (χ0v) is 12.5. The van der Waals surface area contributed by atoms with Crippen molar-refractivity contribution in [2.75, 3.05) is 0 Å². The van der Waals surface area contributed by atoms with Crippen LogP contribution in [0.15, 0.2) is 40.7 Å². The molecule has 1 aromatic carbocycles. The number of hydrogen-bond donors (Lipinski definition) is 1. The van der Waals surface area contributed by atoms with Gasteiger partial charge in [0, 0.05) is 21.4 Å². The van der Waals surface area contributed by atoms with E-state index in [-0.39, 0.29) is 0 Å². The van der Waals surface area contributed by atoms with Gasteiger partial charge in [-0.15, -0.1) is 0 Å². The van der Waals surface area contributed by atoms with Gasteiger partial charge in [-0.05, 0) is 31.5 Å². The van der Waals surface area contributed by atoms with Gasteiger partial charge in [0.2, 0.25) is 0 Å². The third kappa shape index (κ3) is 2.39. The number of halogens is 2. The summed E-state index contributed by atoms with van der Waals surface area (Å²) in [6.07, 6.45) is 0. The molecular weight excluding hydrogens is 293 g/mol. The summed E-state index contributed by atoms with van der Waals surface area (Å²) in [6, 6.07) is 9.43. The Morgan fingerprint density at radius 1 is 1.05 bits per heavy atom. The smallest absolute Gasteiger partial charge is 0.0975 e. The number of benzene rings is 1. The van der Waals surface area contributed by atoms with Crippen molar-refractivity contribution in [2.45, 2.75) is 19.8 Å². The highest BCUT2D eigenvalue weighted by Crippen LogP contribution is 2.40. The summed E-state index contributed by atoms with van der Waals surface area (Å²) in [7, 11) is 0. The van der Waals surface area contributed by atoms with Crippen molar-refractivity contribution in [1.82, 2.24) is 5.32 Å². The minimum absolute atomic E-state index is 0.448. The fourth-order valence-electron chi connectivity index (χ4n) is 2.34. The second-order valence-corrected chi connectivity index (χ2v) is 5.37. The van der Waals surface area contributed by atoms with Crippen LogP contribution in [0.25, 0.3) is 0 Å². The van der Waals surface area contributed by atoms with Gasteiger partial charge in [-0.3, -0.25) is 0 Å². The van der Waals surface area contributed by atoms with Crippen LogP contribution in [0.3, 0.4) is 0 Å². The van der Waals surface area contributed by atoms with E-state index >= 15 is 0 Å². The van der Waals surface area contributed by atoms with Crippen LogP contribution >= 0.6 is 23.2 Å². The van der Waals surface area contributed by atoms with Gasteiger partial charge in [0.05, 0.1) is 29.2 Å². The van der Waals surface area contributed by atoms with Crippen LogP contribution in [0.4, 0.5) is 0 Å². The Kier molecular flexibility index (Phi) is 4.04. The van der Waals surface area contributed by atoms with Crippen molar-refractivity contribution in [3.63, 3.8) is 0 Å². The normalized spacial score (nSPS) is 15.7. The first-order chi connectivity index (χ1) is 9.49. The molecule has 0 aromatic heterocycles. The molecule has 100 valence electrons. The maximum absolute atomic E-state index is 9.39. The number of nitrogens with zero attached hydrogens (tertiary/aromatic N) is 2. The molecule has 20 heavy (non-hydrogen) atoms. The molecule has 3 nitrogen and oxygen atoms in total. The van der Waals surface area contributed by atoms with E-state index in [1.54, 1.807) is 18.2 Å². The predicted molar refractivity (Wildman–Crippen MR) is 79.0 cm³/mol. The Hall–Kier alpha value is -1.94. The van der Waals surface area contributed by atoms with E-state index < -0.39 is 5.92 Å². The molecule has 0 saturated carbocycles. The second kappa shape index (κ2) is 5.59. The predicted octanol–water partition coefficient (Wildman–Crippen LogP) is 4.28. The van der Waals surface area contributed by atoms with Gasteiger partial charge >= 0.3 is 0 Å². The van der Waals surface area contributed by atoms with Crippen molar-refractivity contribution in [3.8, 4) is 12.1 Å². The molecule has 1 aliphatic heterocycles. The first-order valence-corrected chi connectivity index (χ1v) is 6.69. The lowest BCUT2D eigenvalue weighted by Gasteiger charge is -2.26. The highest BCUT2D eigenvalue weighted by molar-refractivity contribution is 6.35. The van der Waals surface area contributed by atoms with Crippen molar-refractivity contribution in [1.29, 1.82) is 10.5 Å². The molecule has 0 aliphatic carbocycles. The molecule has 1 heterocycles. The summed E-state index contributed by atoms with van der Waals surface area (Å²) in [5.74, 6) is -0.448. The molecule has 0 fully saturated rings. The van der Waals surface area contributed by atoms with Gasteiger partial charge < -0.3 is 5.32 Å². The average molecular weight is 304 g/mol. The molecule has 1 aromatic rings. The number of dihydropyridines is 1. The Balaban J connectivity index is 2.69. The van der Waals surface area contributed by atoms with Crippen molar-refractivity contribution >= 4 is 23.2 Å². The van der Waals surface area contributed by atoms with E-state index in [1.807, 2.05) is 13.8 Å². The summed E-state index contributed by atoms with van der Waals surface area (Å²) >= 11 is 12.1. The molecule has 0 amide bonds. The zero-order valence-electron chi connectivity index (χ0n) is 11.0. The topological polar surface area (TPSA) is 59.6 Å². The Morgan fingerprint density at radius 3 is 2.05 bits per heavy atom. The van der Waals surface area contributed by atoms with Crippen LogP contribution < -0.4 is 5.32 Å². The van der Waals surface area contributed by atoms with Crippen LogP contribution in [0.2, 0.25) is 10.0 Å². The first-order valence-electron chi connectivity index (χ1n) is 5.93. The van der Waals surface area contributed by atoms with Crippen molar-refractivity contribution in [2.24, 2.45) is 0 Å². The Bertz CT molecular complexity index is 682. The number of allylic oxidation sites excluding steroid dienone is 4. The molecule has 0 spiro atoms. The van der Waals surface area contributed by atoms with E-state index in [4.69, 9.17) is 23.2 Å². The van der Waals surface area contributed by atoms with Crippen molar-refractivity contribution < 1.29 is 0 Å². The minimum atomic E-state index is -0.448.